The van der Waals surface area contributed by atoms with Gasteiger partial charge in [-0.25, -0.2) is 4.57 Å². The molecule has 6 heteroatoms. The summed E-state index contributed by atoms with van der Waals surface area (Å²) in [6.45, 7) is 4.64. The van der Waals surface area contributed by atoms with Crippen LogP contribution in [0.15, 0.2) is 42.6 Å². The topological polar surface area (TPSA) is 50.5 Å². The van der Waals surface area contributed by atoms with Gasteiger partial charge in [0.05, 0.1) is 11.6 Å². The second-order valence-corrected chi connectivity index (χ2v) is 9.97. The Bertz CT molecular complexity index is 948. The molecule has 0 saturated carbocycles. The highest BCUT2D eigenvalue weighted by atomic mass is 35.5. The van der Waals surface area contributed by atoms with Crippen LogP contribution in [0.2, 0.25) is 5.02 Å². The van der Waals surface area contributed by atoms with E-state index in [-0.39, 0.29) is 11.8 Å². The fourth-order valence-corrected chi connectivity index (χ4v) is 4.55. The molecule has 0 saturated heterocycles. The number of unbranched alkanes of at least 4 members (excludes halogenated alkanes) is 9. The van der Waals surface area contributed by atoms with Gasteiger partial charge in [0.2, 0.25) is 5.91 Å². The lowest BCUT2D eigenvalue weighted by Gasteiger charge is -2.19. The molecule has 1 aromatic carbocycles. The molecule has 0 spiro atoms. The average molecular weight is 516 g/mol. The van der Waals surface area contributed by atoms with Gasteiger partial charge in [0.15, 0.2) is 11.9 Å². The first kappa shape index (κ1) is 29.8. The largest absolute Gasteiger partial charge is 0.492 e. The summed E-state index contributed by atoms with van der Waals surface area (Å²) in [5.74, 6) is -0.0204. The summed E-state index contributed by atoms with van der Waals surface area (Å²) in [6, 6.07) is 11.0. The highest BCUT2D eigenvalue weighted by molar-refractivity contribution is 6.32. The second-order valence-electron chi connectivity index (χ2n) is 9.56. The maximum atomic E-state index is 13.0. The fraction of sp³-hybridized carbons (Fsp3) is 0.567. The first-order chi connectivity index (χ1) is 17.4. The molecule has 0 fully saturated rings. The first-order valence-corrected chi connectivity index (χ1v) is 14.0. The minimum Gasteiger partial charge on any atom is -0.492 e. The van der Waals surface area contributed by atoms with E-state index in [1.807, 2.05) is 36.0 Å². The molecule has 0 unspecified atom stereocenters. The van der Waals surface area contributed by atoms with Crippen molar-refractivity contribution < 1.29 is 18.9 Å². The Morgan fingerprint density at radius 3 is 2.19 bits per heavy atom. The van der Waals surface area contributed by atoms with E-state index < -0.39 is 0 Å². The highest BCUT2D eigenvalue weighted by Crippen LogP contribution is 2.26. The zero-order valence-corrected chi connectivity index (χ0v) is 23.2. The molecule has 0 bridgehead atoms. The molecule has 1 aromatic heterocycles. The van der Waals surface area contributed by atoms with E-state index in [1.54, 1.807) is 18.2 Å². The lowest BCUT2D eigenvalue weighted by Crippen LogP contribution is -2.37. The Balaban J connectivity index is 1.75. The number of rotatable bonds is 17. The number of pyridine rings is 1. The summed E-state index contributed by atoms with van der Waals surface area (Å²) in [5.41, 5.74) is 1.55. The molecule has 0 aliphatic heterocycles. The van der Waals surface area contributed by atoms with Gasteiger partial charge in [-0.2, -0.15) is 0 Å². The summed E-state index contributed by atoms with van der Waals surface area (Å²) in [5, 5.41) is 0.396. The van der Waals surface area contributed by atoms with Crippen LogP contribution in [0.5, 0.6) is 5.75 Å². The maximum Gasteiger partial charge on any atom is 0.260 e. The molecule has 5 nitrogen and oxygen atoms in total. The summed E-state index contributed by atoms with van der Waals surface area (Å²) in [7, 11) is 1.99. The molecule has 36 heavy (non-hydrogen) atoms. The Kier molecular flexibility index (Phi) is 14.2. The number of imide groups is 1. The van der Waals surface area contributed by atoms with Crippen LogP contribution in [0.4, 0.5) is 0 Å². The summed E-state index contributed by atoms with van der Waals surface area (Å²) >= 11 is 6.41. The molecular weight excluding hydrogens is 472 g/mol. The van der Waals surface area contributed by atoms with Gasteiger partial charge in [-0.05, 0) is 31.0 Å². The predicted molar refractivity (Wildman–Crippen MR) is 146 cm³/mol. The van der Waals surface area contributed by atoms with Crippen LogP contribution in [-0.2, 0) is 18.3 Å². The molecular formula is C30H44ClN2O3+. The number of aromatic nitrogens is 1. The monoisotopic (exact) mass is 515 g/mol. The molecule has 0 N–H and O–H groups in total. The molecule has 198 valence electrons. The van der Waals surface area contributed by atoms with Crippen molar-refractivity contribution in [3.05, 3.63) is 58.9 Å². The summed E-state index contributed by atoms with van der Waals surface area (Å²) in [6.07, 6.45) is 16.2. The molecule has 2 rings (SSSR count). The number of ether oxygens (including phenoxy) is 1. The van der Waals surface area contributed by atoms with Gasteiger partial charge < -0.3 is 4.74 Å². The number of aryl methyl sites for hydroxylation is 2. The van der Waals surface area contributed by atoms with Gasteiger partial charge in [0.25, 0.3) is 5.91 Å². The van der Waals surface area contributed by atoms with Gasteiger partial charge in [-0.15, -0.1) is 0 Å². The smallest absolute Gasteiger partial charge is 0.260 e. The molecule has 2 aromatic rings. The zero-order valence-electron chi connectivity index (χ0n) is 22.4. The van der Waals surface area contributed by atoms with E-state index in [0.717, 1.165) is 25.0 Å². The van der Waals surface area contributed by atoms with Crippen molar-refractivity contribution in [1.29, 1.82) is 0 Å². The quantitative estimate of drug-likeness (QED) is 0.167. The van der Waals surface area contributed by atoms with Crippen LogP contribution in [0.25, 0.3) is 0 Å². The number of carbonyl (C=O) groups is 2. The van der Waals surface area contributed by atoms with E-state index in [9.17, 15) is 9.59 Å². The van der Waals surface area contributed by atoms with E-state index in [2.05, 4.69) is 6.92 Å². The van der Waals surface area contributed by atoms with Crippen LogP contribution < -0.4 is 9.30 Å². The average Bonchev–Trinajstić information content (AvgIpc) is 2.86. The van der Waals surface area contributed by atoms with E-state index in [0.29, 0.717) is 35.9 Å². The van der Waals surface area contributed by atoms with Crippen LogP contribution in [-0.4, -0.2) is 29.9 Å². The van der Waals surface area contributed by atoms with Gasteiger partial charge in [0.1, 0.15) is 12.8 Å². The van der Waals surface area contributed by atoms with Crippen molar-refractivity contribution in [1.82, 2.24) is 4.90 Å². The lowest BCUT2D eigenvalue weighted by molar-refractivity contribution is -0.679. The minimum absolute atomic E-state index is 0.269. The third-order valence-corrected chi connectivity index (χ3v) is 6.83. The Labute approximate surface area is 222 Å². The summed E-state index contributed by atoms with van der Waals surface area (Å²) in [4.78, 5) is 26.5. The van der Waals surface area contributed by atoms with E-state index >= 15 is 0 Å². The van der Waals surface area contributed by atoms with Gasteiger partial charge in [0, 0.05) is 37.6 Å². The molecule has 0 radical (unpaired) electrons. The second kappa shape index (κ2) is 17.1. The Morgan fingerprint density at radius 1 is 0.917 bits per heavy atom. The van der Waals surface area contributed by atoms with Crippen molar-refractivity contribution in [2.24, 2.45) is 7.05 Å². The van der Waals surface area contributed by atoms with Crippen molar-refractivity contribution in [2.75, 3.05) is 13.2 Å². The zero-order chi connectivity index (χ0) is 26.2. The third kappa shape index (κ3) is 10.7. The summed E-state index contributed by atoms with van der Waals surface area (Å²) < 4.78 is 7.90. The molecule has 1 heterocycles. The lowest BCUT2D eigenvalue weighted by atomic mass is 10.1. The number of carbonyl (C=O) groups excluding carboxylic acids is 2. The highest BCUT2D eigenvalue weighted by Gasteiger charge is 2.21. The van der Waals surface area contributed by atoms with E-state index in [1.165, 1.54) is 63.2 Å². The van der Waals surface area contributed by atoms with Gasteiger partial charge in [-0.1, -0.05) is 82.4 Å². The van der Waals surface area contributed by atoms with Crippen molar-refractivity contribution in [2.45, 2.75) is 90.9 Å². The fourth-order valence-electron chi connectivity index (χ4n) is 4.32. The van der Waals surface area contributed by atoms with Crippen molar-refractivity contribution in [3.63, 3.8) is 0 Å². The molecule has 0 aliphatic carbocycles. The third-order valence-electron chi connectivity index (χ3n) is 6.54. The number of nitrogens with zero attached hydrogens (tertiary/aromatic N) is 2. The minimum atomic E-state index is -0.330. The number of hydrogen-bond donors (Lipinski definition) is 0. The van der Waals surface area contributed by atoms with E-state index in [4.69, 9.17) is 16.3 Å². The van der Waals surface area contributed by atoms with Crippen molar-refractivity contribution in [3.8, 4) is 5.75 Å². The van der Waals surface area contributed by atoms with Gasteiger partial charge in [-0.3, -0.25) is 14.5 Å². The number of halogens is 1. The van der Waals surface area contributed by atoms with Crippen molar-refractivity contribution >= 4 is 23.4 Å². The Morgan fingerprint density at radius 2 is 1.58 bits per heavy atom. The molecule has 0 atom stereocenters. The normalized spacial score (nSPS) is 10.9. The Hall–Kier alpha value is -2.40. The number of amides is 2. The SMILES string of the molecule is CCCCCCCCCCCCOc1ccc(C(=O)N(CCCc2cccc[n+]2C)C(C)=O)cc1Cl. The maximum absolute atomic E-state index is 13.0. The first-order valence-electron chi connectivity index (χ1n) is 13.6. The predicted octanol–water partition coefficient (Wildman–Crippen LogP) is 7.09. The van der Waals surface area contributed by atoms with Crippen LogP contribution in [0, 0.1) is 0 Å². The van der Waals surface area contributed by atoms with Crippen LogP contribution in [0.1, 0.15) is 101 Å². The van der Waals surface area contributed by atoms with Crippen LogP contribution in [0.3, 0.4) is 0 Å². The van der Waals surface area contributed by atoms with Gasteiger partial charge >= 0.3 is 0 Å². The molecule has 2 amide bonds. The standard InChI is InChI=1S/C30H44ClN2O3/c1-4-5-6-7-8-9-10-11-12-15-23-36-29-20-19-26(24-28(29)31)30(35)33(25(2)34)22-16-18-27-17-13-14-21-32(27)3/h13-14,17,19-21,24H,4-12,15-16,18,22-23H2,1-3H3/q+1. The molecule has 0 aliphatic rings. The van der Waals surface area contributed by atoms with Crippen LogP contribution >= 0.6 is 11.6 Å². The number of hydrogen-bond acceptors (Lipinski definition) is 3. The number of benzene rings is 1.